The Balaban J connectivity index is 1.69. The number of aromatic nitrogens is 1. The highest BCUT2D eigenvalue weighted by Gasteiger charge is 2.29. The number of fused-ring (bicyclic) bond motifs is 1. The molecule has 0 saturated heterocycles. The van der Waals surface area contributed by atoms with Gasteiger partial charge in [0.25, 0.3) is 0 Å². The molecule has 2 atom stereocenters. The van der Waals surface area contributed by atoms with E-state index >= 15 is 0 Å². The molecule has 3 rings (SSSR count). The molecular weight excluding hydrogens is 285 g/mol. The van der Waals surface area contributed by atoms with E-state index in [1.807, 2.05) is 6.07 Å². The van der Waals surface area contributed by atoms with Crippen LogP contribution >= 0.6 is 0 Å². The lowest BCUT2D eigenvalue weighted by molar-refractivity contribution is 0.228. The van der Waals surface area contributed by atoms with Gasteiger partial charge in [-0.15, -0.1) is 0 Å². The monoisotopic (exact) mass is 303 g/mol. The highest BCUT2D eigenvalue weighted by atomic mass is 19.1. The number of carbonyl (C=O) groups excluding carboxylic acids is 1. The lowest BCUT2D eigenvalue weighted by Crippen LogP contribution is -2.41. The highest BCUT2D eigenvalue weighted by molar-refractivity contribution is 5.74. The highest BCUT2D eigenvalue weighted by Crippen LogP contribution is 2.35. The van der Waals surface area contributed by atoms with Crippen LogP contribution in [0.4, 0.5) is 9.18 Å². The second-order valence-corrected chi connectivity index (χ2v) is 5.62. The molecule has 0 aliphatic heterocycles. The predicted molar refractivity (Wildman–Crippen MR) is 78.5 cm³/mol. The van der Waals surface area contributed by atoms with Crippen LogP contribution in [0.25, 0.3) is 0 Å². The van der Waals surface area contributed by atoms with Crippen molar-refractivity contribution in [3.05, 3.63) is 53.2 Å². The number of hydrogen-bond acceptors (Lipinski definition) is 3. The van der Waals surface area contributed by atoms with Gasteiger partial charge in [-0.3, -0.25) is 0 Å². The molecule has 1 aliphatic carbocycles. The molecule has 2 amide bonds. The van der Waals surface area contributed by atoms with Crippen molar-refractivity contribution in [3.8, 4) is 0 Å². The molecule has 2 N–H and O–H groups in total. The Morgan fingerprint density at radius 3 is 3.09 bits per heavy atom. The third-order valence-electron chi connectivity index (χ3n) is 4.12. The smallest absolute Gasteiger partial charge is 0.315 e. The normalized spacial score (nSPS) is 20.3. The number of halogens is 1. The maximum atomic E-state index is 13.9. The summed E-state index contributed by atoms with van der Waals surface area (Å²) in [5, 5.41) is 9.40. The van der Waals surface area contributed by atoms with E-state index < -0.39 is 0 Å². The van der Waals surface area contributed by atoms with Crippen molar-refractivity contribution in [2.24, 2.45) is 5.92 Å². The molecule has 116 valence electrons. The summed E-state index contributed by atoms with van der Waals surface area (Å²) >= 11 is 0. The molecule has 0 saturated carbocycles. The van der Waals surface area contributed by atoms with Gasteiger partial charge in [-0.1, -0.05) is 24.2 Å². The van der Waals surface area contributed by atoms with Gasteiger partial charge in [-0.2, -0.15) is 0 Å². The molecule has 1 heterocycles. The van der Waals surface area contributed by atoms with Gasteiger partial charge < -0.3 is 15.2 Å². The first kappa shape index (κ1) is 14.6. The second-order valence-electron chi connectivity index (χ2n) is 5.62. The van der Waals surface area contributed by atoms with E-state index in [1.165, 1.54) is 12.3 Å². The van der Waals surface area contributed by atoms with E-state index in [9.17, 15) is 9.18 Å². The molecule has 22 heavy (non-hydrogen) atoms. The van der Waals surface area contributed by atoms with E-state index in [2.05, 4.69) is 22.7 Å². The van der Waals surface area contributed by atoms with Crippen LogP contribution in [-0.2, 0) is 13.0 Å². The van der Waals surface area contributed by atoms with E-state index in [0.29, 0.717) is 24.2 Å². The van der Waals surface area contributed by atoms with Crippen LogP contribution in [-0.4, -0.2) is 11.2 Å². The van der Waals surface area contributed by atoms with E-state index in [4.69, 9.17) is 4.52 Å². The largest absolute Gasteiger partial charge is 0.364 e. The Hall–Kier alpha value is -2.37. The number of benzene rings is 1. The number of carbonyl (C=O) groups is 1. The molecule has 1 aromatic heterocycles. The molecule has 2 aromatic rings. The first-order chi connectivity index (χ1) is 10.6. The SMILES string of the molecule is C[C@H]1CCc2c(F)cccc2[C@@H]1NC(=O)NCc1ccon1. The number of nitrogens with one attached hydrogen (secondary N) is 2. The van der Waals surface area contributed by atoms with Crippen molar-refractivity contribution in [2.45, 2.75) is 32.4 Å². The summed E-state index contributed by atoms with van der Waals surface area (Å²) in [4.78, 5) is 12.1. The lowest BCUT2D eigenvalue weighted by Gasteiger charge is -2.32. The van der Waals surface area contributed by atoms with Gasteiger partial charge in [-0.05, 0) is 36.0 Å². The Morgan fingerprint density at radius 1 is 1.45 bits per heavy atom. The van der Waals surface area contributed by atoms with Crippen molar-refractivity contribution in [3.63, 3.8) is 0 Å². The lowest BCUT2D eigenvalue weighted by atomic mass is 9.80. The maximum absolute atomic E-state index is 13.9. The first-order valence-corrected chi connectivity index (χ1v) is 7.36. The molecule has 0 fully saturated rings. The molecule has 1 aliphatic rings. The van der Waals surface area contributed by atoms with Crippen molar-refractivity contribution < 1.29 is 13.7 Å². The van der Waals surface area contributed by atoms with Crippen LogP contribution in [0, 0.1) is 11.7 Å². The van der Waals surface area contributed by atoms with Crippen molar-refractivity contribution in [1.29, 1.82) is 0 Å². The molecule has 0 radical (unpaired) electrons. The fourth-order valence-corrected chi connectivity index (χ4v) is 2.89. The van der Waals surface area contributed by atoms with E-state index in [0.717, 1.165) is 12.0 Å². The van der Waals surface area contributed by atoms with Gasteiger partial charge >= 0.3 is 6.03 Å². The minimum atomic E-state index is -0.294. The second kappa shape index (κ2) is 6.17. The first-order valence-electron chi connectivity index (χ1n) is 7.36. The van der Waals surface area contributed by atoms with Crippen LogP contribution in [0.3, 0.4) is 0 Å². The van der Waals surface area contributed by atoms with Crippen LogP contribution < -0.4 is 10.6 Å². The number of nitrogens with zero attached hydrogens (tertiary/aromatic N) is 1. The zero-order chi connectivity index (χ0) is 15.5. The van der Waals surface area contributed by atoms with Gasteiger partial charge in [0.15, 0.2) is 0 Å². The maximum Gasteiger partial charge on any atom is 0.315 e. The number of amides is 2. The van der Waals surface area contributed by atoms with Gasteiger partial charge in [-0.25, -0.2) is 9.18 Å². The van der Waals surface area contributed by atoms with Crippen LogP contribution in [0.15, 0.2) is 35.1 Å². The van der Waals surface area contributed by atoms with Crippen molar-refractivity contribution in [1.82, 2.24) is 15.8 Å². The Morgan fingerprint density at radius 2 is 2.32 bits per heavy atom. The summed E-state index contributed by atoms with van der Waals surface area (Å²) in [7, 11) is 0. The molecule has 0 bridgehead atoms. The number of rotatable bonds is 3. The molecule has 6 heteroatoms. The quantitative estimate of drug-likeness (QED) is 0.916. The van der Waals surface area contributed by atoms with Crippen LogP contribution in [0.5, 0.6) is 0 Å². The topological polar surface area (TPSA) is 67.2 Å². The van der Waals surface area contributed by atoms with Crippen molar-refractivity contribution >= 4 is 6.03 Å². The van der Waals surface area contributed by atoms with Gasteiger partial charge in [0.05, 0.1) is 12.6 Å². The third kappa shape index (κ3) is 2.95. The average molecular weight is 303 g/mol. The molecule has 1 aromatic carbocycles. The number of hydrogen-bond donors (Lipinski definition) is 2. The molecule has 0 spiro atoms. The van der Waals surface area contributed by atoms with E-state index in [-0.39, 0.29) is 23.8 Å². The summed E-state index contributed by atoms with van der Waals surface area (Å²) in [6, 6.07) is 6.25. The Kier molecular flexibility index (Phi) is 4.09. The summed E-state index contributed by atoms with van der Waals surface area (Å²) in [6.07, 6.45) is 3.02. The fraction of sp³-hybridized carbons (Fsp3) is 0.375. The molecule has 0 unspecified atom stereocenters. The number of urea groups is 1. The van der Waals surface area contributed by atoms with Crippen LogP contribution in [0.1, 0.15) is 36.2 Å². The Bertz CT molecular complexity index is 657. The summed E-state index contributed by atoms with van der Waals surface area (Å²) in [5.74, 6) is 0.0614. The third-order valence-corrected chi connectivity index (χ3v) is 4.12. The van der Waals surface area contributed by atoms with Gasteiger partial charge in [0, 0.05) is 6.07 Å². The zero-order valence-electron chi connectivity index (χ0n) is 12.3. The van der Waals surface area contributed by atoms with Gasteiger partial charge in [0.1, 0.15) is 17.8 Å². The standard InChI is InChI=1S/C16H18FN3O2/c1-10-5-6-12-13(3-2-4-14(12)17)15(10)19-16(21)18-9-11-7-8-22-20-11/h2-4,7-8,10,15H,5-6,9H2,1H3,(H2,18,19,21)/t10-,15+/m0/s1. The Labute approximate surface area is 127 Å². The predicted octanol–water partition coefficient (Wildman–Crippen LogP) is 2.94. The zero-order valence-corrected chi connectivity index (χ0v) is 12.3. The average Bonchev–Trinajstić information content (AvgIpc) is 3.02. The van der Waals surface area contributed by atoms with Crippen molar-refractivity contribution in [2.75, 3.05) is 0 Å². The minimum absolute atomic E-state index is 0.184. The molecule has 5 nitrogen and oxygen atoms in total. The fourth-order valence-electron chi connectivity index (χ4n) is 2.89. The summed E-state index contributed by atoms with van der Waals surface area (Å²) in [5.41, 5.74) is 2.23. The van der Waals surface area contributed by atoms with Gasteiger partial charge in [0.2, 0.25) is 0 Å². The molecular formula is C16H18FN3O2. The van der Waals surface area contributed by atoms with E-state index in [1.54, 1.807) is 12.1 Å². The summed E-state index contributed by atoms with van der Waals surface area (Å²) < 4.78 is 18.6. The van der Waals surface area contributed by atoms with Crippen LogP contribution in [0.2, 0.25) is 0 Å². The summed E-state index contributed by atoms with van der Waals surface area (Å²) in [6.45, 7) is 2.36. The minimum Gasteiger partial charge on any atom is -0.364 e.